The lowest BCUT2D eigenvalue weighted by Crippen LogP contribution is -2.42. The van der Waals surface area contributed by atoms with Gasteiger partial charge in [-0.15, -0.1) is 11.3 Å². The van der Waals surface area contributed by atoms with E-state index in [4.69, 9.17) is 0 Å². The summed E-state index contributed by atoms with van der Waals surface area (Å²) in [5, 5.41) is 5.80. The van der Waals surface area contributed by atoms with Crippen LogP contribution in [0.1, 0.15) is 17.8 Å². The molecule has 1 aliphatic rings. The van der Waals surface area contributed by atoms with Crippen LogP contribution in [0.3, 0.4) is 0 Å². The molecule has 7 heteroatoms. The fourth-order valence-corrected chi connectivity index (χ4v) is 4.00. The Morgan fingerprint density at radius 2 is 2.24 bits per heavy atom. The number of nitrogens with zero attached hydrogens (tertiary/aromatic N) is 1. The number of hydrogen-bond donors (Lipinski definition) is 2. The number of nitrogens with one attached hydrogen (secondary N) is 2. The average Bonchev–Trinajstić information content (AvgIpc) is 2.83. The van der Waals surface area contributed by atoms with Crippen LogP contribution in [-0.2, 0) is 16.4 Å². The number of sulfonamides is 1. The SMILES string of the molecule is O=S(=O)(NCCc1nccs1)C1CCNCC1. The molecule has 17 heavy (non-hydrogen) atoms. The first-order valence-corrected chi connectivity index (χ1v) is 8.18. The van der Waals surface area contributed by atoms with E-state index in [1.807, 2.05) is 5.38 Å². The van der Waals surface area contributed by atoms with Crippen LogP contribution in [0.2, 0.25) is 0 Å². The number of thiazole rings is 1. The third-order valence-corrected chi connectivity index (χ3v) is 5.65. The first-order chi connectivity index (χ1) is 8.18. The third kappa shape index (κ3) is 3.74. The van der Waals surface area contributed by atoms with Crippen LogP contribution in [0.4, 0.5) is 0 Å². The average molecular weight is 275 g/mol. The van der Waals surface area contributed by atoms with Gasteiger partial charge in [0.1, 0.15) is 0 Å². The van der Waals surface area contributed by atoms with Crippen molar-refractivity contribution in [1.29, 1.82) is 0 Å². The molecule has 1 aliphatic heterocycles. The van der Waals surface area contributed by atoms with Crippen LogP contribution in [0, 0.1) is 0 Å². The predicted molar refractivity (Wildman–Crippen MR) is 68.6 cm³/mol. The lowest BCUT2D eigenvalue weighted by molar-refractivity contribution is 0.489. The van der Waals surface area contributed by atoms with E-state index in [9.17, 15) is 8.42 Å². The molecule has 1 saturated heterocycles. The molecule has 2 heterocycles. The highest BCUT2D eigenvalue weighted by Gasteiger charge is 2.26. The molecule has 1 aromatic rings. The van der Waals surface area contributed by atoms with Crippen molar-refractivity contribution in [2.24, 2.45) is 0 Å². The molecule has 1 fully saturated rings. The summed E-state index contributed by atoms with van der Waals surface area (Å²) >= 11 is 1.55. The van der Waals surface area contributed by atoms with Gasteiger partial charge in [-0.25, -0.2) is 18.1 Å². The van der Waals surface area contributed by atoms with E-state index < -0.39 is 10.0 Å². The molecule has 96 valence electrons. The van der Waals surface area contributed by atoms with Crippen LogP contribution < -0.4 is 10.0 Å². The summed E-state index contributed by atoms with van der Waals surface area (Å²) in [5.74, 6) is 0. The summed E-state index contributed by atoms with van der Waals surface area (Å²) < 4.78 is 26.6. The molecule has 0 spiro atoms. The fourth-order valence-electron chi connectivity index (χ4n) is 1.90. The van der Waals surface area contributed by atoms with Crippen molar-refractivity contribution in [2.45, 2.75) is 24.5 Å². The maximum Gasteiger partial charge on any atom is 0.214 e. The molecule has 0 bridgehead atoms. The first kappa shape index (κ1) is 12.9. The van der Waals surface area contributed by atoms with E-state index in [0.29, 0.717) is 25.8 Å². The van der Waals surface area contributed by atoms with Crippen LogP contribution in [0.25, 0.3) is 0 Å². The number of rotatable bonds is 5. The minimum Gasteiger partial charge on any atom is -0.317 e. The highest BCUT2D eigenvalue weighted by Crippen LogP contribution is 2.12. The molecule has 0 atom stereocenters. The Labute approximate surface area is 106 Å². The van der Waals surface area contributed by atoms with E-state index in [2.05, 4.69) is 15.0 Å². The van der Waals surface area contributed by atoms with Gasteiger partial charge in [0, 0.05) is 24.5 Å². The van der Waals surface area contributed by atoms with E-state index in [-0.39, 0.29) is 5.25 Å². The highest BCUT2D eigenvalue weighted by atomic mass is 32.2. The minimum absolute atomic E-state index is 0.236. The normalized spacial score (nSPS) is 18.4. The van der Waals surface area contributed by atoms with Crippen molar-refractivity contribution in [2.75, 3.05) is 19.6 Å². The highest BCUT2D eigenvalue weighted by molar-refractivity contribution is 7.90. The molecule has 0 aromatic carbocycles. The molecule has 5 nitrogen and oxygen atoms in total. The maximum atomic E-state index is 12.0. The molecule has 0 saturated carbocycles. The molecule has 2 rings (SSSR count). The zero-order valence-electron chi connectivity index (χ0n) is 9.55. The maximum absolute atomic E-state index is 12.0. The van der Waals surface area contributed by atoms with Crippen molar-refractivity contribution in [1.82, 2.24) is 15.0 Å². The van der Waals surface area contributed by atoms with Crippen LogP contribution >= 0.6 is 11.3 Å². The summed E-state index contributed by atoms with van der Waals surface area (Å²) in [6.45, 7) is 2.02. The van der Waals surface area contributed by atoms with Crippen molar-refractivity contribution in [3.8, 4) is 0 Å². The minimum atomic E-state index is -3.15. The Morgan fingerprint density at radius 1 is 1.47 bits per heavy atom. The second-order valence-electron chi connectivity index (χ2n) is 4.06. The first-order valence-electron chi connectivity index (χ1n) is 5.76. The largest absolute Gasteiger partial charge is 0.317 e. The Hall–Kier alpha value is -0.500. The van der Waals surface area contributed by atoms with Crippen molar-refractivity contribution in [3.63, 3.8) is 0 Å². The van der Waals surface area contributed by atoms with Crippen LogP contribution in [0.5, 0.6) is 0 Å². The number of piperidine rings is 1. The van der Waals surface area contributed by atoms with Gasteiger partial charge in [0.05, 0.1) is 10.3 Å². The van der Waals surface area contributed by atoms with Gasteiger partial charge in [-0.1, -0.05) is 0 Å². The molecular formula is C10H17N3O2S2. The van der Waals surface area contributed by atoms with Crippen molar-refractivity contribution in [3.05, 3.63) is 16.6 Å². The van der Waals surface area contributed by atoms with Gasteiger partial charge in [-0.2, -0.15) is 0 Å². The zero-order valence-corrected chi connectivity index (χ0v) is 11.2. The van der Waals surface area contributed by atoms with Gasteiger partial charge in [-0.05, 0) is 25.9 Å². The van der Waals surface area contributed by atoms with E-state index in [0.717, 1.165) is 18.1 Å². The lowest BCUT2D eigenvalue weighted by atomic mass is 10.2. The number of aromatic nitrogens is 1. The van der Waals surface area contributed by atoms with Crippen LogP contribution in [-0.4, -0.2) is 38.3 Å². The lowest BCUT2D eigenvalue weighted by Gasteiger charge is -2.22. The molecule has 0 radical (unpaired) electrons. The van der Waals surface area contributed by atoms with Crippen molar-refractivity contribution >= 4 is 21.4 Å². The topological polar surface area (TPSA) is 71.1 Å². The Kier molecular flexibility index (Phi) is 4.49. The third-order valence-electron chi connectivity index (χ3n) is 2.85. The summed E-state index contributed by atoms with van der Waals surface area (Å²) in [6.07, 6.45) is 3.81. The Bertz CT molecular complexity index is 424. The standard InChI is InChI=1S/C10H17N3O2S2/c14-17(15,9-1-4-11-5-2-9)13-6-3-10-12-7-8-16-10/h7-9,11,13H,1-6H2. The zero-order chi connectivity index (χ0) is 12.1. The smallest absolute Gasteiger partial charge is 0.214 e. The molecule has 0 aliphatic carbocycles. The monoisotopic (exact) mass is 275 g/mol. The van der Waals surface area contributed by atoms with Gasteiger partial charge in [0.25, 0.3) is 0 Å². The second kappa shape index (κ2) is 5.90. The predicted octanol–water partition coefficient (Wildman–Crippen LogP) is 0.357. The van der Waals surface area contributed by atoms with Gasteiger partial charge < -0.3 is 5.32 Å². The summed E-state index contributed by atoms with van der Waals surface area (Å²) in [6, 6.07) is 0. The quantitative estimate of drug-likeness (QED) is 0.814. The Morgan fingerprint density at radius 3 is 2.88 bits per heavy atom. The molecule has 0 amide bonds. The van der Waals surface area contributed by atoms with Crippen molar-refractivity contribution < 1.29 is 8.42 Å². The van der Waals surface area contributed by atoms with E-state index in [1.165, 1.54) is 0 Å². The molecular weight excluding hydrogens is 258 g/mol. The second-order valence-corrected chi connectivity index (χ2v) is 7.09. The summed E-state index contributed by atoms with van der Waals surface area (Å²) in [4.78, 5) is 4.12. The molecule has 1 aromatic heterocycles. The number of hydrogen-bond acceptors (Lipinski definition) is 5. The van der Waals surface area contributed by atoms with Gasteiger partial charge in [-0.3, -0.25) is 0 Å². The van der Waals surface area contributed by atoms with Crippen LogP contribution in [0.15, 0.2) is 11.6 Å². The van der Waals surface area contributed by atoms with E-state index >= 15 is 0 Å². The van der Waals surface area contributed by atoms with Gasteiger partial charge in [0.2, 0.25) is 10.0 Å². The molecule has 0 unspecified atom stereocenters. The fraction of sp³-hybridized carbons (Fsp3) is 0.700. The molecule has 2 N–H and O–H groups in total. The van der Waals surface area contributed by atoms with Gasteiger partial charge in [0.15, 0.2) is 0 Å². The summed E-state index contributed by atoms with van der Waals surface area (Å²) in [5.41, 5.74) is 0. The Balaban J connectivity index is 1.80. The summed E-state index contributed by atoms with van der Waals surface area (Å²) in [7, 11) is -3.15. The van der Waals surface area contributed by atoms with Gasteiger partial charge >= 0.3 is 0 Å². The van der Waals surface area contributed by atoms with E-state index in [1.54, 1.807) is 17.5 Å².